The molecule has 2 amide bonds. The number of imidazole rings is 1. The minimum atomic E-state index is -0.260. The van der Waals surface area contributed by atoms with Crippen molar-refractivity contribution < 1.29 is 4.79 Å². The third kappa shape index (κ3) is 4.56. The fraction of sp³-hybridized carbons (Fsp3) is 0.533. The molecule has 0 aliphatic rings. The van der Waals surface area contributed by atoms with Gasteiger partial charge in [0.1, 0.15) is 5.82 Å². The Bertz CT molecular complexity index is 617. The van der Waals surface area contributed by atoms with E-state index in [0.717, 1.165) is 18.1 Å². The Morgan fingerprint density at radius 3 is 2.77 bits per heavy atom. The summed E-state index contributed by atoms with van der Waals surface area (Å²) in [5, 5.41) is 8.16. The number of anilines is 1. The first-order chi connectivity index (χ1) is 10.5. The molecule has 0 aliphatic heterocycles. The molecule has 0 atom stereocenters. The van der Waals surface area contributed by atoms with E-state index in [-0.39, 0.29) is 6.03 Å². The second kappa shape index (κ2) is 7.40. The van der Waals surface area contributed by atoms with Crippen LogP contribution in [0.15, 0.2) is 17.8 Å². The van der Waals surface area contributed by atoms with Gasteiger partial charge in [0.05, 0.1) is 12.2 Å². The standard InChI is InChI=1S/C15H23N5OS/c1-10(2)8-20-6-5-16-13(20)7-17-14(21)19-15-18-12(9-22-15)11(3)4/h5-6,9-11H,7-8H2,1-4H3,(H2,17,18,19,21). The highest BCUT2D eigenvalue weighted by molar-refractivity contribution is 7.13. The third-order valence-electron chi connectivity index (χ3n) is 3.10. The van der Waals surface area contributed by atoms with Crippen molar-refractivity contribution in [2.45, 2.75) is 46.7 Å². The molecule has 0 aliphatic carbocycles. The van der Waals surface area contributed by atoms with Crippen molar-refractivity contribution in [3.05, 3.63) is 29.3 Å². The lowest BCUT2D eigenvalue weighted by molar-refractivity contribution is 0.251. The maximum atomic E-state index is 11.9. The van der Waals surface area contributed by atoms with E-state index in [0.29, 0.717) is 23.5 Å². The first-order valence-electron chi connectivity index (χ1n) is 7.46. The van der Waals surface area contributed by atoms with E-state index in [2.05, 4.69) is 52.9 Å². The molecule has 22 heavy (non-hydrogen) atoms. The van der Waals surface area contributed by atoms with Gasteiger partial charge in [-0.15, -0.1) is 11.3 Å². The normalized spacial score (nSPS) is 11.2. The quantitative estimate of drug-likeness (QED) is 0.856. The van der Waals surface area contributed by atoms with Crippen molar-refractivity contribution in [1.82, 2.24) is 19.9 Å². The molecule has 2 heterocycles. The summed E-state index contributed by atoms with van der Waals surface area (Å²) in [7, 11) is 0. The van der Waals surface area contributed by atoms with Gasteiger partial charge in [0, 0.05) is 24.3 Å². The average Bonchev–Trinajstić information content (AvgIpc) is 3.05. The van der Waals surface area contributed by atoms with Gasteiger partial charge in [-0.3, -0.25) is 5.32 Å². The Labute approximate surface area is 135 Å². The van der Waals surface area contributed by atoms with Crippen LogP contribution in [0.25, 0.3) is 0 Å². The molecule has 0 fully saturated rings. The van der Waals surface area contributed by atoms with Gasteiger partial charge in [0.25, 0.3) is 0 Å². The molecule has 0 spiro atoms. The van der Waals surface area contributed by atoms with Crippen LogP contribution in [0, 0.1) is 5.92 Å². The summed E-state index contributed by atoms with van der Waals surface area (Å²) in [6, 6.07) is -0.260. The SMILES string of the molecule is CC(C)Cn1ccnc1CNC(=O)Nc1nc(C(C)C)cs1. The van der Waals surface area contributed by atoms with E-state index in [1.165, 1.54) is 11.3 Å². The van der Waals surface area contributed by atoms with Crippen molar-refractivity contribution in [2.75, 3.05) is 5.32 Å². The molecule has 2 N–H and O–H groups in total. The Hall–Kier alpha value is -1.89. The summed E-state index contributed by atoms with van der Waals surface area (Å²) in [4.78, 5) is 20.6. The van der Waals surface area contributed by atoms with Crippen LogP contribution in [0.2, 0.25) is 0 Å². The lowest BCUT2D eigenvalue weighted by Crippen LogP contribution is -2.29. The molecule has 0 radical (unpaired) electrons. The number of nitrogens with one attached hydrogen (secondary N) is 2. The summed E-state index contributed by atoms with van der Waals surface area (Å²) in [5.41, 5.74) is 0.993. The van der Waals surface area contributed by atoms with Crippen molar-refractivity contribution in [2.24, 2.45) is 5.92 Å². The number of rotatable bonds is 6. The predicted molar refractivity (Wildman–Crippen MR) is 89.1 cm³/mol. The molecule has 120 valence electrons. The van der Waals surface area contributed by atoms with Gasteiger partial charge in [-0.2, -0.15) is 0 Å². The highest BCUT2D eigenvalue weighted by atomic mass is 32.1. The molecule has 0 bridgehead atoms. The number of carbonyl (C=O) groups excluding carboxylic acids is 1. The number of hydrogen-bond acceptors (Lipinski definition) is 4. The number of thiazole rings is 1. The van der Waals surface area contributed by atoms with Gasteiger partial charge in [0.2, 0.25) is 0 Å². The van der Waals surface area contributed by atoms with Crippen LogP contribution < -0.4 is 10.6 Å². The average molecular weight is 321 g/mol. The van der Waals surface area contributed by atoms with Gasteiger partial charge in [-0.1, -0.05) is 27.7 Å². The van der Waals surface area contributed by atoms with Crippen LogP contribution in [-0.4, -0.2) is 20.6 Å². The molecule has 2 aromatic rings. The van der Waals surface area contributed by atoms with E-state index in [1.807, 2.05) is 11.6 Å². The van der Waals surface area contributed by atoms with E-state index < -0.39 is 0 Å². The highest BCUT2D eigenvalue weighted by Crippen LogP contribution is 2.21. The molecule has 0 saturated carbocycles. The Morgan fingerprint density at radius 2 is 2.14 bits per heavy atom. The number of aromatic nitrogens is 3. The molecular weight excluding hydrogens is 298 g/mol. The van der Waals surface area contributed by atoms with Gasteiger partial charge < -0.3 is 9.88 Å². The zero-order chi connectivity index (χ0) is 16.1. The second-order valence-electron chi connectivity index (χ2n) is 5.93. The molecule has 0 saturated heterocycles. The molecule has 2 rings (SSSR count). The van der Waals surface area contributed by atoms with Gasteiger partial charge in [-0.05, 0) is 11.8 Å². The number of nitrogens with zero attached hydrogens (tertiary/aromatic N) is 3. The zero-order valence-corrected chi connectivity index (χ0v) is 14.3. The lowest BCUT2D eigenvalue weighted by atomic mass is 10.2. The van der Waals surface area contributed by atoms with Crippen LogP contribution >= 0.6 is 11.3 Å². The maximum absolute atomic E-state index is 11.9. The minimum Gasteiger partial charge on any atom is -0.333 e. The summed E-state index contributed by atoms with van der Waals surface area (Å²) in [6.45, 7) is 9.75. The van der Waals surface area contributed by atoms with Crippen LogP contribution in [-0.2, 0) is 13.1 Å². The van der Waals surface area contributed by atoms with Crippen molar-refractivity contribution >= 4 is 22.5 Å². The van der Waals surface area contributed by atoms with Crippen LogP contribution in [0.5, 0.6) is 0 Å². The molecule has 6 nitrogen and oxygen atoms in total. The van der Waals surface area contributed by atoms with E-state index >= 15 is 0 Å². The maximum Gasteiger partial charge on any atom is 0.321 e. The number of amides is 2. The molecule has 2 aromatic heterocycles. The summed E-state index contributed by atoms with van der Waals surface area (Å²) >= 11 is 1.44. The molecule has 0 unspecified atom stereocenters. The second-order valence-corrected chi connectivity index (χ2v) is 6.79. The van der Waals surface area contributed by atoms with E-state index in [9.17, 15) is 4.79 Å². The van der Waals surface area contributed by atoms with Crippen LogP contribution in [0.4, 0.5) is 9.93 Å². The molecule has 7 heteroatoms. The number of urea groups is 1. The Kier molecular flexibility index (Phi) is 5.54. The smallest absolute Gasteiger partial charge is 0.321 e. The first-order valence-corrected chi connectivity index (χ1v) is 8.34. The number of carbonyl (C=O) groups is 1. The minimum absolute atomic E-state index is 0.260. The van der Waals surface area contributed by atoms with Crippen LogP contribution in [0.3, 0.4) is 0 Å². The Balaban J connectivity index is 1.86. The fourth-order valence-electron chi connectivity index (χ4n) is 1.98. The largest absolute Gasteiger partial charge is 0.333 e. The van der Waals surface area contributed by atoms with Crippen molar-refractivity contribution in [3.63, 3.8) is 0 Å². The van der Waals surface area contributed by atoms with Gasteiger partial charge in [-0.25, -0.2) is 14.8 Å². The monoisotopic (exact) mass is 321 g/mol. The lowest BCUT2D eigenvalue weighted by Gasteiger charge is -2.11. The Morgan fingerprint density at radius 1 is 1.36 bits per heavy atom. The summed E-state index contributed by atoms with van der Waals surface area (Å²) in [5.74, 6) is 1.75. The molecule has 0 aromatic carbocycles. The fourth-order valence-corrected chi connectivity index (χ4v) is 2.84. The topological polar surface area (TPSA) is 71.8 Å². The predicted octanol–water partition coefficient (Wildman–Crippen LogP) is 3.44. The molecular formula is C15H23N5OS. The van der Waals surface area contributed by atoms with E-state index in [4.69, 9.17) is 0 Å². The van der Waals surface area contributed by atoms with Crippen LogP contribution in [0.1, 0.15) is 45.1 Å². The van der Waals surface area contributed by atoms with Crippen molar-refractivity contribution in [1.29, 1.82) is 0 Å². The van der Waals surface area contributed by atoms with Gasteiger partial charge in [0.15, 0.2) is 5.13 Å². The van der Waals surface area contributed by atoms with Crippen molar-refractivity contribution in [3.8, 4) is 0 Å². The van der Waals surface area contributed by atoms with E-state index in [1.54, 1.807) is 6.20 Å². The summed E-state index contributed by atoms with van der Waals surface area (Å²) < 4.78 is 2.06. The van der Waals surface area contributed by atoms with Gasteiger partial charge >= 0.3 is 6.03 Å². The highest BCUT2D eigenvalue weighted by Gasteiger charge is 2.10. The third-order valence-corrected chi connectivity index (χ3v) is 3.88. The summed E-state index contributed by atoms with van der Waals surface area (Å²) in [6.07, 6.45) is 3.69. The number of hydrogen-bond donors (Lipinski definition) is 2. The first kappa shape index (κ1) is 16.5. The zero-order valence-electron chi connectivity index (χ0n) is 13.5.